The maximum atomic E-state index is 9.81. The van der Waals surface area contributed by atoms with Gasteiger partial charge in [0.05, 0.1) is 17.8 Å². The maximum Gasteiger partial charge on any atom is 0.143 e. The molecule has 0 aliphatic rings. The van der Waals surface area contributed by atoms with Gasteiger partial charge in [-0.15, -0.1) is 0 Å². The first-order valence-corrected chi connectivity index (χ1v) is 15.8. The molecule has 0 aliphatic heterocycles. The number of rotatable bonds is 4. The first-order chi connectivity index (χ1) is 29.7. The van der Waals surface area contributed by atoms with Gasteiger partial charge in [0.1, 0.15) is 11.2 Å². The molecule has 228 valence electrons. The summed E-state index contributed by atoms with van der Waals surface area (Å²) in [4.78, 5) is 0. The zero-order chi connectivity index (χ0) is 43.6. The molecule has 0 fully saturated rings. The number of hydrogen-bond acceptors (Lipinski definition) is 1. The molecule has 9 aromatic carbocycles. The highest BCUT2D eigenvalue weighted by atomic mass is 16.3. The summed E-state index contributed by atoms with van der Waals surface area (Å²) in [5.74, 6) is 0. The lowest BCUT2D eigenvalue weighted by Crippen LogP contribution is -1.92. The summed E-state index contributed by atoms with van der Waals surface area (Å²) in [6, 6.07) is 26.2. The molecule has 0 bridgehead atoms. The van der Waals surface area contributed by atoms with Crippen molar-refractivity contribution in [2.75, 3.05) is 0 Å². The van der Waals surface area contributed by atoms with Gasteiger partial charge in [0.25, 0.3) is 0 Å². The second-order valence-electron chi connectivity index (χ2n) is 11.8. The molecule has 0 unspecified atom stereocenters. The van der Waals surface area contributed by atoms with Crippen molar-refractivity contribution in [3.05, 3.63) is 182 Å². The zero-order valence-corrected chi connectivity index (χ0v) is 25.7. The van der Waals surface area contributed by atoms with E-state index in [1.165, 1.54) is 0 Å². The van der Waals surface area contributed by atoms with E-state index >= 15 is 0 Å². The number of fused-ring (bicyclic) bond motifs is 7. The molecule has 49 heavy (non-hydrogen) atoms. The minimum Gasteiger partial charge on any atom is -0.455 e. The third kappa shape index (κ3) is 4.40. The van der Waals surface area contributed by atoms with Gasteiger partial charge in [-0.2, -0.15) is 0 Å². The lowest BCUT2D eigenvalue weighted by molar-refractivity contribution is 0.672. The van der Waals surface area contributed by atoms with Crippen molar-refractivity contribution in [2.45, 2.75) is 0 Å². The van der Waals surface area contributed by atoms with Gasteiger partial charge in [-0.3, -0.25) is 0 Å². The molecular formula is C48H30O. The Morgan fingerprint density at radius 2 is 0.959 bits per heavy atom. The summed E-state index contributed by atoms with van der Waals surface area (Å²) in [5, 5.41) is 1.59. The smallest absolute Gasteiger partial charge is 0.143 e. The van der Waals surface area contributed by atoms with Crippen molar-refractivity contribution in [3.8, 4) is 44.5 Å². The third-order valence-corrected chi connectivity index (χ3v) is 9.09. The first-order valence-electron chi connectivity index (χ1n) is 22.3. The summed E-state index contributed by atoms with van der Waals surface area (Å²) < 4.78 is 123. The lowest BCUT2D eigenvalue weighted by Gasteiger charge is -2.20. The molecule has 0 atom stereocenters. The summed E-state index contributed by atoms with van der Waals surface area (Å²) in [6.07, 6.45) is 0. The van der Waals surface area contributed by atoms with E-state index in [4.69, 9.17) is 15.4 Å². The van der Waals surface area contributed by atoms with Crippen LogP contribution in [0.4, 0.5) is 0 Å². The molecule has 0 saturated heterocycles. The highest BCUT2D eigenvalue weighted by Crippen LogP contribution is 2.47. The molecule has 10 rings (SSSR count). The van der Waals surface area contributed by atoms with Gasteiger partial charge in [-0.1, -0.05) is 164 Å². The number of furan rings is 1. The summed E-state index contributed by atoms with van der Waals surface area (Å²) in [7, 11) is 0. The SMILES string of the molecule is [2H]c1c([2H])c([2H])c(-c2c3ccccc3c(-c3c([2H])c([2H])c4oc5c6c([2H])c([2H])c([2H])c([2H])c6c([2H])c([2H])c5c4c3[2H])c3ccccc23)c(-c2ccc(-c3ccccc3)cc2)c1[2H]. The molecule has 0 spiro atoms. The van der Waals surface area contributed by atoms with E-state index in [1.807, 2.05) is 66.7 Å². The Kier molecular flexibility index (Phi) is 3.99. The predicted molar refractivity (Wildman–Crippen MR) is 208 cm³/mol. The topological polar surface area (TPSA) is 13.1 Å². The van der Waals surface area contributed by atoms with Gasteiger partial charge in [0.2, 0.25) is 0 Å². The molecule has 10 aromatic rings. The number of hydrogen-bond donors (Lipinski definition) is 0. The normalized spacial score (nSPS) is 15.4. The van der Waals surface area contributed by atoms with Crippen LogP contribution in [-0.4, -0.2) is 0 Å². The van der Waals surface area contributed by atoms with Crippen LogP contribution in [-0.2, 0) is 0 Å². The van der Waals surface area contributed by atoms with E-state index in [9.17, 15) is 6.85 Å². The van der Waals surface area contributed by atoms with E-state index in [-0.39, 0.29) is 74.0 Å². The fourth-order valence-electron chi connectivity index (χ4n) is 6.88. The molecule has 1 heteroatoms. The van der Waals surface area contributed by atoms with Crippen LogP contribution >= 0.6 is 0 Å². The van der Waals surface area contributed by atoms with Crippen LogP contribution < -0.4 is 0 Å². The average Bonchev–Trinajstić information content (AvgIpc) is 3.70. The second-order valence-corrected chi connectivity index (χ2v) is 11.8. The minimum atomic E-state index is -0.578. The van der Waals surface area contributed by atoms with Crippen molar-refractivity contribution in [1.29, 1.82) is 0 Å². The van der Waals surface area contributed by atoms with Crippen molar-refractivity contribution in [3.63, 3.8) is 0 Å². The molecular weight excluding hydrogens is 593 g/mol. The quantitative estimate of drug-likeness (QED) is 0.175. The molecule has 0 saturated carbocycles. The molecule has 0 amide bonds. The van der Waals surface area contributed by atoms with E-state index < -0.39 is 48.3 Å². The summed E-state index contributed by atoms with van der Waals surface area (Å²) in [5.41, 5.74) is 3.51. The summed E-state index contributed by atoms with van der Waals surface area (Å²) >= 11 is 0. The highest BCUT2D eigenvalue weighted by Gasteiger charge is 2.20. The first kappa shape index (κ1) is 17.6. The van der Waals surface area contributed by atoms with Gasteiger partial charge < -0.3 is 4.42 Å². The average molecular weight is 636 g/mol. The fraction of sp³-hybridized carbons (Fsp3) is 0. The predicted octanol–water partition coefficient (Wildman–Crippen LogP) is 13.7. The van der Waals surface area contributed by atoms with E-state index in [0.29, 0.717) is 43.8 Å². The minimum absolute atomic E-state index is 0.0110. The third-order valence-electron chi connectivity index (χ3n) is 9.09. The molecule has 1 aromatic heterocycles. The zero-order valence-electron chi connectivity index (χ0n) is 38.7. The monoisotopic (exact) mass is 635 g/mol. The Balaban J connectivity index is 1.32. The molecule has 0 radical (unpaired) electrons. The lowest BCUT2D eigenvalue weighted by atomic mass is 9.83. The van der Waals surface area contributed by atoms with Gasteiger partial charge >= 0.3 is 0 Å². The Morgan fingerprint density at radius 1 is 0.367 bits per heavy atom. The summed E-state index contributed by atoms with van der Waals surface area (Å²) in [6.45, 7) is 0. The standard InChI is InChI=1S/C48H30O/c1-2-12-31(13-3-1)32-22-24-34(25-23-32)36-15-6-7-17-38(36)47-41-20-10-8-18-39(41)46(40-19-9-11-21-42(40)47)35-27-29-45-44(30-35)43-28-26-33-14-4-5-16-37(33)48(43)49-45/h1-30H/i4D,5D,6D,7D,14D,15D,16D,17D,26D,27D,28D,29D,30D. The van der Waals surface area contributed by atoms with Crippen LogP contribution in [0.25, 0.3) is 98.8 Å². The Bertz CT molecular complexity index is 3540. The van der Waals surface area contributed by atoms with Gasteiger partial charge in [0, 0.05) is 16.2 Å². The van der Waals surface area contributed by atoms with E-state index in [0.717, 1.165) is 11.1 Å². The van der Waals surface area contributed by atoms with Gasteiger partial charge in [0.15, 0.2) is 0 Å². The Labute approximate surface area is 302 Å². The Morgan fingerprint density at radius 3 is 1.69 bits per heavy atom. The maximum absolute atomic E-state index is 9.81. The van der Waals surface area contributed by atoms with Crippen molar-refractivity contribution in [2.24, 2.45) is 0 Å². The van der Waals surface area contributed by atoms with Crippen LogP contribution in [0.15, 0.2) is 186 Å². The number of benzene rings is 9. The highest BCUT2D eigenvalue weighted by molar-refractivity contribution is 6.23. The van der Waals surface area contributed by atoms with E-state index in [1.54, 1.807) is 36.4 Å². The van der Waals surface area contributed by atoms with Crippen LogP contribution in [0.5, 0.6) is 0 Å². The van der Waals surface area contributed by atoms with Crippen molar-refractivity contribution in [1.82, 2.24) is 0 Å². The molecule has 0 N–H and O–H groups in total. The van der Waals surface area contributed by atoms with Crippen LogP contribution in [0.3, 0.4) is 0 Å². The fourth-order valence-corrected chi connectivity index (χ4v) is 6.88. The van der Waals surface area contributed by atoms with Crippen LogP contribution in [0.1, 0.15) is 17.8 Å². The Hall–Kier alpha value is -6.44. The second kappa shape index (κ2) is 11.1. The van der Waals surface area contributed by atoms with Crippen molar-refractivity contribution >= 4 is 54.3 Å². The van der Waals surface area contributed by atoms with Gasteiger partial charge in [-0.05, 0) is 89.6 Å². The molecule has 1 nitrogen and oxygen atoms in total. The van der Waals surface area contributed by atoms with E-state index in [2.05, 4.69) is 0 Å². The van der Waals surface area contributed by atoms with Crippen LogP contribution in [0, 0.1) is 0 Å². The largest absolute Gasteiger partial charge is 0.455 e. The molecule has 1 heterocycles. The molecule has 0 aliphatic carbocycles. The van der Waals surface area contributed by atoms with Crippen LogP contribution in [0.2, 0.25) is 0 Å². The van der Waals surface area contributed by atoms with Crippen molar-refractivity contribution < 1.29 is 22.2 Å². The van der Waals surface area contributed by atoms with Gasteiger partial charge in [-0.25, -0.2) is 0 Å².